The van der Waals surface area contributed by atoms with Crippen LogP contribution in [0.1, 0.15) is 24.0 Å². The molecule has 36 heavy (non-hydrogen) atoms. The first-order chi connectivity index (χ1) is 17.3. The molecule has 8 heteroatoms. The fourth-order valence-corrected chi connectivity index (χ4v) is 4.52. The van der Waals surface area contributed by atoms with Crippen molar-refractivity contribution in [2.75, 3.05) is 23.3 Å². The summed E-state index contributed by atoms with van der Waals surface area (Å²) < 4.78 is 38.3. The second-order valence-corrected chi connectivity index (χ2v) is 9.08. The van der Waals surface area contributed by atoms with Crippen molar-refractivity contribution in [3.63, 3.8) is 0 Å². The van der Waals surface area contributed by atoms with Crippen LogP contribution in [0.2, 0.25) is 0 Å². The Bertz CT molecular complexity index is 1380. The molecular weight excluding hydrogens is 465 g/mol. The minimum atomic E-state index is -4.40. The van der Waals surface area contributed by atoms with E-state index in [1.807, 2.05) is 49.4 Å². The van der Waals surface area contributed by atoms with Gasteiger partial charge in [0.05, 0.1) is 16.8 Å². The third-order valence-electron chi connectivity index (χ3n) is 6.52. The van der Waals surface area contributed by atoms with Crippen molar-refractivity contribution in [1.82, 2.24) is 9.97 Å². The van der Waals surface area contributed by atoms with E-state index in [2.05, 4.69) is 16.3 Å². The Balaban J connectivity index is 1.30. The van der Waals surface area contributed by atoms with E-state index >= 15 is 0 Å². The van der Waals surface area contributed by atoms with Gasteiger partial charge in [0, 0.05) is 35.6 Å². The normalized spacial score (nSPS) is 14.7. The smallest absolute Gasteiger partial charge is 0.341 e. The van der Waals surface area contributed by atoms with Crippen molar-refractivity contribution >= 4 is 28.4 Å². The van der Waals surface area contributed by atoms with Gasteiger partial charge in [-0.1, -0.05) is 42.0 Å². The lowest BCUT2D eigenvalue weighted by atomic mass is 9.96. The van der Waals surface area contributed by atoms with E-state index in [-0.39, 0.29) is 11.8 Å². The number of anilines is 2. The number of carbonyl (C=O) groups is 1. The molecule has 0 unspecified atom stereocenters. The highest BCUT2D eigenvalue weighted by Gasteiger charge is 2.30. The molecule has 5 rings (SSSR count). The Kier molecular flexibility index (Phi) is 6.35. The molecule has 3 aromatic carbocycles. The van der Waals surface area contributed by atoms with Crippen LogP contribution >= 0.6 is 0 Å². The van der Waals surface area contributed by atoms with Gasteiger partial charge in [0.2, 0.25) is 11.9 Å². The predicted molar refractivity (Wildman–Crippen MR) is 135 cm³/mol. The number of halogens is 3. The quantitative estimate of drug-likeness (QED) is 0.356. The molecule has 0 radical (unpaired) electrons. The fraction of sp³-hybridized carbons (Fsp3) is 0.250. The summed E-state index contributed by atoms with van der Waals surface area (Å²) >= 11 is 0. The molecule has 0 spiro atoms. The zero-order valence-corrected chi connectivity index (χ0v) is 19.7. The molecule has 1 amide bonds. The maximum absolute atomic E-state index is 12.8. The van der Waals surface area contributed by atoms with Crippen molar-refractivity contribution in [3.05, 3.63) is 83.9 Å². The Morgan fingerprint density at radius 3 is 2.31 bits per heavy atom. The Morgan fingerprint density at radius 1 is 0.944 bits per heavy atom. The van der Waals surface area contributed by atoms with Crippen molar-refractivity contribution in [2.45, 2.75) is 25.9 Å². The highest BCUT2D eigenvalue weighted by molar-refractivity contribution is 5.94. The summed E-state index contributed by atoms with van der Waals surface area (Å²) in [6.07, 6.45) is -3.20. The highest BCUT2D eigenvalue weighted by Crippen LogP contribution is 2.32. The lowest BCUT2D eigenvalue weighted by Gasteiger charge is -2.31. The van der Waals surface area contributed by atoms with E-state index in [1.165, 1.54) is 12.1 Å². The van der Waals surface area contributed by atoms with E-state index in [0.29, 0.717) is 37.6 Å². The van der Waals surface area contributed by atoms with Crippen molar-refractivity contribution in [2.24, 2.45) is 5.92 Å². The summed E-state index contributed by atoms with van der Waals surface area (Å²) in [5.74, 6) is 0.210. The maximum Gasteiger partial charge on any atom is 0.416 e. The van der Waals surface area contributed by atoms with Crippen LogP contribution in [-0.4, -0.2) is 29.0 Å². The summed E-state index contributed by atoms with van der Waals surface area (Å²) in [6.45, 7) is 3.26. The van der Waals surface area contributed by atoms with Crippen LogP contribution in [-0.2, 0) is 11.0 Å². The van der Waals surface area contributed by atoms with Gasteiger partial charge >= 0.3 is 6.18 Å². The number of hydrogen-bond acceptors (Lipinski definition) is 4. The number of nitrogens with one attached hydrogen (secondary N) is 1. The molecule has 0 saturated carbocycles. The number of carbonyl (C=O) groups excluding carboxylic acids is 1. The first kappa shape index (κ1) is 23.8. The van der Waals surface area contributed by atoms with Crippen molar-refractivity contribution in [1.29, 1.82) is 0 Å². The number of alkyl halides is 3. The van der Waals surface area contributed by atoms with Crippen LogP contribution in [0.15, 0.2) is 72.8 Å². The second kappa shape index (κ2) is 9.60. The predicted octanol–water partition coefficient (Wildman–Crippen LogP) is 6.48. The molecule has 4 aromatic rings. The van der Waals surface area contributed by atoms with Crippen molar-refractivity contribution < 1.29 is 18.0 Å². The van der Waals surface area contributed by atoms with Gasteiger partial charge in [-0.25, -0.2) is 9.97 Å². The summed E-state index contributed by atoms with van der Waals surface area (Å²) in [5, 5.41) is 3.74. The van der Waals surface area contributed by atoms with Crippen LogP contribution < -0.4 is 10.2 Å². The maximum atomic E-state index is 12.8. The number of nitrogens with zero attached hydrogens (tertiary/aromatic N) is 3. The molecule has 0 aliphatic carbocycles. The van der Waals surface area contributed by atoms with Gasteiger partial charge in [-0.2, -0.15) is 13.2 Å². The van der Waals surface area contributed by atoms with Crippen LogP contribution in [0.3, 0.4) is 0 Å². The van der Waals surface area contributed by atoms with Gasteiger partial charge in [0.1, 0.15) is 0 Å². The van der Waals surface area contributed by atoms with Gasteiger partial charge in [0.15, 0.2) is 0 Å². The largest absolute Gasteiger partial charge is 0.416 e. The monoisotopic (exact) mass is 490 g/mol. The van der Waals surface area contributed by atoms with E-state index in [0.717, 1.165) is 39.9 Å². The van der Waals surface area contributed by atoms with Crippen LogP contribution in [0.5, 0.6) is 0 Å². The summed E-state index contributed by atoms with van der Waals surface area (Å²) in [7, 11) is 0. The average molecular weight is 491 g/mol. The number of aromatic nitrogens is 2. The molecule has 1 aliphatic heterocycles. The zero-order valence-electron chi connectivity index (χ0n) is 19.7. The van der Waals surface area contributed by atoms with Gasteiger partial charge in [0.25, 0.3) is 0 Å². The first-order valence-corrected chi connectivity index (χ1v) is 11.8. The standard InChI is InChI=1S/C28H25F3N4O/c1-18-7-12-24-23(17-18)25(19-5-3-2-4-6-19)34-27(33-24)35-15-13-20(14-16-35)26(36)32-22-10-8-21(9-11-22)28(29,30)31/h2-12,17,20H,13-16H2,1H3,(H,32,36). The van der Waals surface area contributed by atoms with E-state index in [1.54, 1.807) is 0 Å². The molecule has 0 atom stereocenters. The topological polar surface area (TPSA) is 58.1 Å². The van der Waals surface area contributed by atoms with Gasteiger partial charge in [-0.3, -0.25) is 4.79 Å². The van der Waals surface area contributed by atoms with Gasteiger partial charge in [-0.05, 0) is 56.2 Å². The average Bonchev–Trinajstić information content (AvgIpc) is 2.88. The number of benzene rings is 3. The number of fused-ring (bicyclic) bond motifs is 1. The number of amides is 1. The molecule has 5 nitrogen and oxygen atoms in total. The molecule has 1 fully saturated rings. The number of aryl methyl sites for hydroxylation is 1. The SMILES string of the molecule is Cc1ccc2nc(N3CCC(C(=O)Nc4ccc(C(F)(F)F)cc4)CC3)nc(-c3ccccc3)c2c1. The molecule has 184 valence electrons. The second-order valence-electron chi connectivity index (χ2n) is 9.08. The van der Waals surface area contributed by atoms with Crippen molar-refractivity contribution in [3.8, 4) is 11.3 Å². The van der Waals surface area contributed by atoms with Crippen LogP contribution in [0.4, 0.5) is 24.8 Å². The molecule has 0 bridgehead atoms. The van der Waals surface area contributed by atoms with E-state index in [9.17, 15) is 18.0 Å². The Morgan fingerprint density at radius 2 is 1.64 bits per heavy atom. The minimum absolute atomic E-state index is 0.186. The lowest BCUT2D eigenvalue weighted by Crippen LogP contribution is -2.39. The summed E-state index contributed by atoms with van der Waals surface area (Å²) in [6, 6.07) is 20.7. The van der Waals surface area contributed by atoms with Gasteiger partial charge in [-0.15, -0.1) is 0 Å². The molecule has 1 saturated heterocycles. The number of rotatable bonds is 4. The minimum Gasteiger partial charge on any atom is -0.341 e. The molecule has 1 aromatic heterocycles. The molecular formula is C28H25F3N4O. The number of hydrogen-bond donors (Lipinski definition) is 1. The van der Waals surface area contributed by atoms with Gasteiger partial charge < -0.3 is 10.2 Å². The van der Waals surface area contributed by atoms with Crippen LogP contribution in [0, 0.1) is 12.8 Å². The third-order valence-corrected chi connectivity index (χ3v) is 6.52. The number of piperidine rings is 1. The van der Waals surface area contributed by atoms with E-state index < -0.39 is 11.7 Å². The zero-order chi connectivity index (χ0) is 25.3. The Labute approximate surface area is 207 Å². The molecule has 1 aliphatic rings. The van der Waals surface area contributed by atoms with Crippen LogP contribution in [0.25, 0.3) is 22.2 Å². The first-order valence-electron chi connectivity index (χ1n) is 11.8. The molecule has 1 N–H and O–H groups in total. The lowest BCUT2D eigenvalue weighted by molar-refractivity contribution is -0.137. The summed E-state index contributed by atoms with van der Waals surface area (Å²) in [5.41, 5.74) is 3.51. The molecule has 2 heterocycles. The Hall–Kier alpha value is -3.94. The highest BCUT2D eigenvalue weighted by atomic mass is 19.4. The third kappa shape index (κ3) is 5.03. The van der Waals surface area contributed by atoms with E-state index in [4.69, 9.17) is 9.97 Å². The summed E-state index contributed by atoms with van der Waals surface area (Å²) in [4.78, 5) is 24.6. The fourth-order valence-electron chi connectivity index (χ4n) is 4.52.